The highest BCUT2D eigenvalue weighted by Crippen LogP contribution is 2.45. The molecule has 1 aromatic heterocycles. The first-order chi connectivity index (χ1) is 33.7. The lowest BCUT2D eigenvalue weighted by molar-refractivity contribution is 1.19. The van der Waals surface area contributed by atoms with E-state index >= 15 is 0 Å². The maximum Gasteiger partial charge on any atom is 0.0619 e. The van der Waals surface area contributed by atoms with Crippen LogP contribution in [-0.2, 0) is 0 Å². The van der Waals surface area contributed by atoms with Gasteiger partial charge in [-0.15, -0.1) is 0 Å². The maximum atomic E-state index is 2.45. The molecule has 0 aliphatic rings. The van der Waals surface area contributed by atoms with Gasteiger partial charge in [-0.05, 0) is 132 Å². The minimum absolute atomic E-state index is 1.08. The average Bonchev–Trinajstić information content (AvgIpc) is 3.77. The predicted octanol–water partition coefficient (Wildman–Crippen LogP) is 18.4. The number of rotatable bonds is 8. The molecule has 0 saturated heterocycles. The molecule has 0 N–H and O–H groups in total. The van der Waals surface area contributed by atoms with Crippen molar-refractivity contribution in [1.29, 1.82) is 0 Å². The lowest BCUT2D eigenvalue weighted by Crippen LogP contribution is -2.10. The van der Waals surface area contributed by atoms with Crippen molar-refractivity contribution in [2.45, 2.75) is 0 Å². The van der Waals surface area contributed by atoms with Crippen molar-refractivity contribution < 1.29 is 0 Å². The van der Waals surface area contributed by atoms with E-state index in [1.165, 1.54) is 93.1 Å². The summed E-state index contributed by atoms with van der Waals surface area (Å²) in [6.45, 7) is 0. The third kappa shape index (κ3) is 6.65. The summed E-state index contributed by atoms with van der Waals surface area (Å²) in [6, 6.07) is 97.4. The van der Waals surface area contributed by atoms with Crippen LogP contribution >= 0.6 is 0 Å². The van der Waals surface area contributed by atoms with Gasteiger partial charge < -0.3 is 9.47 Å². The van der Waals surface area contributed by atoms with E-state index in [1.54, 1.807) is 0 Å². The SMILES string of the molecule is c1ccc(-c2ccccc2-c2ccc(N(c3ccc(-c4cc5ccccc5c5ccccc45)cc3)c3cccc(-c4cccc5c4c4ccc6ccccc6c4n5-c4ccccc4)c3)cc2)cc1. The maximum absolute atomic E-state index is 2.45. The highest BCUT2D eigenvalue weighted by molar-refractivity contribution is 6.22. The Bertz CT molecular complexity index is 4000. The summed E-state index contributed by atoms with van der Waals surface area (Å²) in [4.78, 5) is 2.40. The van der Waals surface area contributed by atoms with Crippen molar-refractivity contribution in [2.75, 3.05) is 4.90 Å². The Hall–Kier alpha value is -8.98. The quantitative estimate of drug-likeness (QED) is 0.138. The summed E-state index contributed by atoms with van der Waals surface area (Å²) in [6.07, 6.45) is 0. The van der Waals surface area contributed by atoms with E-state index in [0.717, 1.165) is 28.3 Å². The summed E-state index contributed by atoms with van der Waals surface area (Å²) in [5, 5.41) is 10.0. The van der Waals surface area contributed by atoms with E-state index in [0.29, 0.717) is 0 Å². The van der Waals surface area contributed by atoms with Crippen molar-refractivity contribution in [3.05, 3.63) is 267 Å². The smallest absolute Gasteiger partial charge is 0.0619 e. The number of para-hydroxylation sites is 1. The fourth-order valence-electron chi connectivity index (χ4n) is 10.7. The molecule has 68 heavy (non-hydrogen) atoms. The average molecular weight is 865 g/mol. The first-order valence-corrected chi connectivity index (χ1v) is 23.4. The van der Waals surface area contributed by atoms with E-state index in [9.17, 15) is 0 Å². The molecule has 0 fully saturated rings. The zero-order chi connectivity index (χ0) is 45.0. The second-order valence-electron chi connectivity index (χ2n) is 17.6. The first-order valence-electron chi connectivity index (χ1n) is 23.4. The molecule has 0 aliphatic heterocycles. The molecule has 0 bridgehead atoms. The van der Waals surface area contributed by atoms with Gasteiger partial charge in [0.25, 0.3) is 0 Å². The van der Waals surface area contributed by atoms with Crippen LogP contribution in [0.25, 0.3) is 104 Å². The molecule has 13 rings (SSSR count). The third-order valence-electron chi connectivity index (χ3n) is 13.8. The molecule has 0 aliphatic carbocycles. The van der Waals surface area contributed by atoms with E-state index in [1.807, 2.05) is 0 Å². The Morgan fingerprint density at radius 2 is 0.794 bits per heavy atom. The van der Waals surface area contributed by atoms with Gasteiger partial charge in [0.15, 0.2) is 0 Å². The molecule has 0 atom stereocenters. The molecule has 0 unspecified atom stereocenters. The van der Waals surface area contributed by atoms with Gasteiger partial charge in [0.2, 0.25) is 0 Å². The molecule has 318 valence electrons. The van der Waals surface area contributed by atoms with Crippen LogP contribution in [0.2, 0.25) is 0 Å². The van der Waals surface area contributed by atoms with Crippen LogP contribution in [0.3, 0.4) is 0 Å². The number of hydrogen-bond donors (Lipinski definition) is 0. The molecule has 2 heteroatoms. The van der Waals surface area contributed by atoms with Crippen LogP contribution in [-0.4, -0.2) is 4.57 Å². The molecule has 13 aromatic rings. The second-order valence-corrected chi connectivity index (χ2v) is 17.6. The number of hydrogen-bond acceptors (Lipinski definition) is 1. The second kappa shape index (κ2) is 16.5. The minimum Gasteiger partial charge on any atom is -0.310 e. The lowest BCUT2D eigenvalue weighted by atomic mass is 9.93. The van der Waals surface area contributed by atoms with Gasteiger partial charge in [-0.1, -0.05) is 206 Å². The van der Waals surface area contributed by atoms with Crippen molar-refractivity contribution in [1.82, 2.24) is 4.57 Å². The van der Waals surface area contributed by atoms with Gasteiger partial charge in [-0.25, -0.2) is 0 Å². The molecule has 1 heterocycles. The summed E-state index contributed by atoms with van der Waals surface area (Å²) in [5.74, 6) is 0. The van der Waals surface area contributed by atoms with E-state index in [-0.39, 0.29) is 0 Å². The highest BCUT2D eigenvalue weighted by atomic mass is 15.1. The number of benzene rings is 12. The molecule has 2 nitrogen and oxygen atoms in total. The summed E-state index contributed by atoms with van der Waals surface area (Å²) in [7, 11) is 0. The Labute approximate surface area is 395 Å². The summed E-state index contributed by atoms with van der Waals surface area (Å²) >= 11 is 0. The van der Waals surface area contributed by atoms with Crippen LogP contribution in [0.5, 0.6) is 0 Å². The molecular formula is C66H44N2. The predicted molar refractivity (Wildman–Crippen MR) is 290 cm³/mol. The van der Waals surface area contributed by atoms with Crippen LogP contribution in [0.1, 0.15) is 0 Å². The van der Waals surface area contributed by atoms with Gasteiger partial charge in [-0.3, -0.25) is 0 Å². The molecule has 0 amide bonds. The number of nitrogens with zero attached hydrogens (tertiary/aromatic N) is 2. The first kappa shape index (κ1) is 39.4. The Morgan fingerprint density at radius 1 is 0.265 bits per heavy atom. The monoisotopic (exact) mass is 864 g/mol. The zero-order valence-electron chi connectivity index (χ0n) is 37.3. The number of aromatic nitrogens is 1. The minimum atomic E-state index is 1.08. The van der Waals surface area contributed by atoms with Crippen LogP contribution < -0.4 is 4.90 Å². The molecule has 0 spiro atoms. The number of fused-ring (bicyclic) bond motifs is 8. The highest BCUT2D eigenvalue weighted by Gasteiger charge is 2.21. The Balaban J connectivity index is 0.976. The fraction of sp³-hybridized carbons (Fsp3) is 0. The molecule has 0 saturated carbocycles. The van der Waals surface area contributed by atoms with Crippen LogP contribution in [0.15, 0.2) is 267 Å². The van der Waals surface area contributed by atoms with Gasteiger partial charge in [0.05, 0.1) is 11.0 Å². The summed E-state index contributed by atoms with van der Waals surface area (Å²) < 4.78 is 2.45. The van der Waals surface area contributed by atoms with Gasteiger partial charge in [0, 0.05) is 38.9 Å². The standard InChI is InChI=1S/C66H44N2/c1-3-17-45(18-4-1)55-25-11-12-26-56(55)47-33-38-52(39-34-47)67(53-40-35-48(36-41-53)63-44-50-20-8-9-27-57(50)60-29-13-14-30-61(60)63)54-24-15-21-49(43-54)58-31-16-32-64-65(58)62-42-37-46-19-7-10-28-59(46)66(62)68(64)51-22-5-2-6-23-51/h1-44H. The van der Waals surface area contributed by atoms with Crippen LogP contribution in [0, 0.1) is 0 Å². The van der Waals surface area contributed by atoms with Gasteiger partial charge >= 0.3 is 0 Å². The van der Waals surface area contributed by atoms with Crippen molar-refractivity contribution in [3.8, 4) is 50.2 Å². The van der Waals surface area contributed by atoms with Crippen molar-refractivity contribution in [2.24, 2.45) is 0 Å². The van der Waals surface area contributed by atoms with Crippen LogP contribution in [0.4, 0.5) is 17.1 Å². The largest absolute Gasteiger partial charge is 0.310 e. The van der Waals surface area contributed by atoms with E-state index < -0.39 is 0 Å². The van der Waals surface area contributed by atoms with Crippen molar-refractivity contribution in [3.63, 3.8) is 0 Å². The van der Waals surface area contributed by atoms with Gasteiger partial charge in [0.1, 0.15) is 0 Å². The summed E-state index contributed by atoms with van der Waals surface area (Å²) in [5.41, 5.74) is 16.4. The molecule has 12 aromatic carbocycles. The van der Waals surface area contributed by atoms with E-state index in [4.69, 9.17) is 0 Å². The Morgan fingerprint density at radius 3 is 1.51 bits per heavy atom. The molecular weight excluding hydrogens is 821 g/mol. The lowest BCUT2D eigenvalue weighted by Gasteiger charge is -2.27. The normalized spacial score (nSPS) is 11.5. The van der Waals surface area contributed by atoms with Gasteiger partial charge in [-0.2, -0.15) is 0 Å². The van der Waals surface area contributed by atoms with E-state index in [2.05, 4.69) is 276 Å². The zero-order valence-corrected chi connectivity index (χ0v) is 37.3. The number of anilines is 3. The van der Waals surface area contributed by atoms with Crippen molar-refractivity contribution >= 4 is 71.2 Å². The third-order valence-corrected chi connectivity index (χ3v) is 13.8. The Kier molecular flexibility index (Phi) is 9.54. The molecule has 0 radical (unpaired) electrons. The fourth-order valence-corrected chi connectivity index (χ4v) is 10.7. The topological polar surface area (TPSA) is 8.17 Å².